The van der Waals surface area contributed by atoms with Crippen molar-refractivity contribution >= 4 is 12.1 Å². The minimum atomic E-state index is -0.279. The molecule has 1 N–H and O–H groups in total. The maximum absolute atomic E-state index is 10.9. The Bertz CT molecular complexity index is 292. The molecule has 2 heterocycles. The van der Waals surface area contributed by atoms with Gasteiger partial charge in [-0.05, 0) is 7.05 Å². The predicted molar refractivity (Wildman–Crippen MR) is 58.6 cm³/mol. The Morgan fingerprint density at radius 3 is 2.87 bits per heavy atom. The lowest BCUT2D eigenvalue weighted by Gasteiger charge is -2.36. The molecule has 15 heavy (non-hydrogen) atoms. The van der Waals surface area contributed by atoms with Crippen LogP contribution in [0.15, 0.2) is 17.4 Å². The molecule has 0 aromatic carbocycles. The molecule has 0 saturated carbocycles. The topological polar surface area (TPSA) is 47.9 Å². The lowest BCUT2D eigenvalue weighted by atomic mass is 10.2. The predicted octanol–water partition coefficient (Wildman–Crippen LogP) is -0.726. The van der Waals surface area contributed by atoms with E-state index in [9.17, 15) is 4.79 Å². The maximum atomic E-state index is 10.9. The van der Waals surface area contributed by atoms with Gasteiger partial charge in [0, 0.05) is 38.6 Å². The van der Waals surface area contributed by atoms with E-state index >= 15 is 0 Å². The number of likely N-dealkylation sites (N-methyl/N-ethyl adjacent to an activating group) is 1. The summed E-state index contributed by atoms with van der Waals surface area (Å²) in [5, 5.41) is 2.99. The van der Waals surface area contributed by atoms with Crippen molar-refractivity contribution in [3.8, 4) is 0 Å². The van der Waals surface area contributed by atoms with Crippen LogP contribution in [0.3, 0.4) is 0 Å². The summed E-state index contributed by atoms with van der Waals surface area (Å²) in [6.45, 7) is 3.92. The van der Waals surface area contributed by atoms with Crippen LogP contribution in [0.25, 0.3) is 0 Å². The third kappa shape index (κ3) is 2.18. The fraction of sp³-hybridized carbons (Fsp3) is 0.600. The third-order valence-electron chi connectivity index (χ3n) is 2.80. The van der Waals surface area contributed by atoms with Crippen LogP contribution in [0.4, 0.5) is 0 Å². The molecule has 0 spiro atoms. The van der Waals surface area contributed by atoms with E-state index in [1.165, 1.54) is 0 Å². The summed E-state index contributed by atoms with van der Waals surface area (Å²) in [5.74, 6) is 0.848. The molecule has 0 radical (unpaired) electrons. The first kappa shape index (κ1) is 10.2. The molecule has 0 amide bonds. The zero-order valence-electron chi connectivity index (χ0n) is 8.89. The van der Waals surface area contributed by atoms with Crippen molar-refractivity contribution in [3.63, 3.8) is 0 Å². The molecule has 1 atom stereocenters. The Labute approximate surface area is 89.4 Å². The molecule has 0 aromatic heterocycles. The zero-order chi connectivity index (χ0) is 10.7. The normalized spacial score (nSPS) is 27.1. The van der Waals surface area contributed by atoms with E-state index in [2.05, 4.69) is 27.2 Å². The second-order valence-corrected chi connectivity index (χ2v) is 3.87. The SMILES string of the molecule is CN1CCN(C2=NC=CNC2C=O)CC1. The van der Waals surface area contributed by atoms with Gasteiger partial charge in [0.1, 0.15) is 18.2 Å². The summed E-state index contributed by atoms with van der Waals surface area (Å²) < 4.78 is 0. The number of aliphatic imine (C=N–C) groups is 1. The Morgan fingerprint density at radius 1 is 1.47 bits per heavy atom. The largest absolute Gasteiger partial charge is 0.374 e. The van der Waals surface area contributed by atoms with Gasteiger partial charge in [0.2, 0.25) is 0 Å². The van der Waals surface area contributed by atoms with E-state index in [1.54, 1.807) is 12.4 Å². The number of amidine groups is 1. The second kappa shape index (κ2) is 4.44. The zero-order valence-corrected chi connectivity index (χ0v) is 8.89. The number of hydrogen-bond acceptors (Lipinski definition) is 5. The van der Waals surface area contributed by atoms with E-state index in [-0.39, 0.29) is 6.04 Å². The third-order valence-corrected chi connectivity index (χ3v) is 2.80. The summed E-state index contributed by atoms with van der Waals surface area (Å²) >= 11 is 0. The molecule has 0 aromatic rings. The van der Waals surface area contributed by atoms with Gasteiger partial charge in [-0.3, -0.25) is 0 Å². The average Bonchev–Trinajstić information content (AvgIpc) is 2.30. The van der Waals surface area contributed by atoms with Gasteiger partial charge in [0.15, 0.2) is 0 Å². The van der Waals surface area contributed by atoms with E-state index in [0.717, 1.165) is 38.3 Å². The highest BCUT2D eigenvalue weighted by Gasteiger charge is 2.24. The minimum absolute atomic E-state index is 0.279. The first-order valence-corrected chi connectivity index (χ1v) is 5.19. The van der Waals surface area contributed by atoms with E-state index in [4.69, 9.17) is 0 Å². The van der Waals surface area contributed by atoms with Crippen molar-refractivity contribution in [1.82, 2.24) is 15.1 Å². The van der Waals surface area contributed by atoms with Crippen LogP contribution in [0, 0.1) is 0 Å². The van der Waals surface area contributed by atoms with Crippen LogP contribution in [-0.4, -0.2) is 61.2 Å². The molecular weight excluding hydrogens is 192 g/mol. The maximum Gasteiger partial charge on any atom is 0.149 e. The quantitative estimate of drug-likeness (QED) is 0.577. The van der Waals surface area contributed by atoms with E-state index in [0.29, 0.717) is 0 Å². The highest BCUT2D eigenvalue weighted by atomic mass is 16.1. The monoisotopic (exact) mass is 208 g/mol. The first-order valence-electron chi connectivity index (χ1n) is 5.19. The van der Waals surface area contributed by atoms with Gasteiger partial charge in [-0.15, -0.1) is 0 Å². The van der Waals surface area contributed by atoms with Gasteiger partial charge in [-0.25, -0.2) is 4.99 Å². The molecule has 0 bridgehead atoms. The van der Waals surface area contributed by atoms with Crippen LogP contribution in [0.5, 0.6) is 0 Å². The number of carbonyl (C=O) groups excluding carboxylic acids is 1. The molecular formula is C10H16N4O. The molecule has 82 valence electrons. The molecule has 2 aliphatic heterocycles. The van der Waals surface area contributed by atoms with Crippen molar-refractivity contribution in [2.45, 2.75) is 6.04 Å². The fourth-order valence-electron chi connectivity index (χ4n) is 1.83. The van der Waals surface area contributed by atoms with Crippen molar-refractivity contribution in [2.24, 2.45) is 4.99 Å². The summed E-state index contributed by atoms with van der Waals surface area (Å²) in [7, 11) is 2.11. The van der Waals surface area contributed by atoms with Gasteiger partial charge in [0.05, 0.1) is 0 Å². The number of nitrogens with zero attached hydrogens (tertiary/aromatic N) is 3. The number of nitrogens with one attached hydrogen (secondary N) is 1. The molecule has 1 unspecified atom stereocenters. The summed E-state index contributed by atoms with van der Waals surface area (Å²) in [5.41, 5.74) is 0. The van der Waals surface area contributed by atoms with Crippen molar-refractivity contribution in [1.29, 1.82) is 0 Å². The molecule has 5 nitrogen and oxygen atoms in total. The van der Waals surface area contributed by atoms with Gasteiger partial charge < -0.3 is 19.9 Å². The molecule has 2 rings (SSSR count). The fourth-order valence-corrected chi connectivity index (χ4v) is 1.83. The van der Waals surface area contributed by atoms with Gasteiger partial charge in [-0.2, -0.15) is 0 Å². The molecule has 1 saturated heterocycles. The van der Waals surface area contributed by atoms with Crippen molar-refractivity contribution < 1.29 is 4.79 Å². The lowest BCUT2D eigenvalue weighted by molar-refractivity contribution is -0.108. The molecule has 1 fully saturated rings. The van der Waals surface area contributed by atoms with Crippen LogP contribution >= 0.6 is 0 Å². The number of hydrogen-bond donors (Lipinski definition) is 1. The first-order chi connectivity index (χ1) is 7.31. The Morgan fingerprint density at radius 2 is 2.20 bits per heavy atom. The number of aldehydes is 1. The Kier molecular flexibility index (Phi) is 3.01. The Hall–Kier alpha value is -1.36. The van der Waals surface area contributed by atoms with Crippen LogP contribution in [-0.2, 0) is 4.79 Å². The van der Waals surface area contributed by atoms with Crippen molar-refractivity contribution in [3.05, 3.63) is 12.4 Å². The highest BCUT2D eigenvalue weighted by Crippen LogP contribution is 2.06. The Balaban J connectivity index is 2.05. The van der Waals surface area contributed by atoms with Crippen LogP contribution in [0.1, 0.15) is 0 Å². The standard InChI is InChI=1S/C10H16N4O/c1-13-4-6-14(7-5-13)10-9(8-15)11-2-3-12-10/h2-3,8-9,11H,4-7H2,1H3. The summed E-state index contributed by atoms with van der Waals surface area (Å²) in [4.78, 5) is 19.6. The summed E-state index contributed by atoms with van der Waals surface area (Å²) in [6.07, 6.45) is 4.31. The van der Waals surface area contributed by atoms with Crippen molar-refractivity contribution in [2.75, 3.05) is 33.2 Å². The molecule has 0 aliphatic carbocycles. The molecule has 2 aliphatic rings. The van der Waals surface area contributed by atoms with Crippen LogP contribution < -0.4 is 5.32 Å². The van der Waals surface area contributed by atoms with E-state index in [1.807, 2.05) is 0 Å². The average molecular weight is 208 g/mol. The number of carbonyl (C=O) groups is 1. The lowest BCUT2D eigenvalue weighted by Crippen LogP contribution is -2.53. The van der Waals surface area contributed by atoms with Gasteiger partial charge in [-0.1, -0.05) is 0 Å². The smallest absolute Gasteiger partial charge is 0.149 e. The number of piperazine rings is 1. The van der Waals surface area contributed by atoms with E-state index < -0.39 is 0 Å². The van der Waals surface area contributed by atoms with Gasteiger partial charge in [0.25, 0.3) is 0 Å². The number of rotatable bonds is 1. The summed E-state index contributed by atoms with van der Waals surface area (Å²) in [6, 6.07) is -0.279. The van der Waals surface area contributed by atoms with Gasteiger partial charge >= 0.3 is 0 Å². The molecule has 5 heteroatoms. The second-order valence-electron chi connectivity index (χ2n) is 3.87. The minimum Gasteiger partial charge on any atom is -0.374 e. The highest BCUT2D eigenvalue weighted by molar-refractivity contribution is 6.00. The van der Waals surface area contributed by atoms with Crippen LogP contribution in [0.2, 0.25) is 0 Å².